The summed E-state index contributed by atoms with van der Waals surface area (Å²) in [6, 6.07) is 5.02. The summed E-state index contributed by atoms with van der Waals surface area (Å²) in [5.74, 6) is -0.324. The van der Waals surface area contributed by atoms with Crippen LogP contribution in [0, 0.1) is 0 Å². The Morgan fingerprint density at radius 1 is 1.37 bits per heavy atom. The molecule has 5 nitrogen and oxygen atoms in total. The van der Waals surface area contributed by atoms with Crippen LogP contribution in [0.25, 0.3) is 0 Å². The maximum absolute atomic E-state index is 11.9. The Labute approximate surface area is 116 Å². The molecule has 0 aromatic heterocycles. The van der Waals surface area contributed by atoms with Crippen molar-refractivity contribution in [3.05, 3.63) is 23.8 Å². The third kappa shape index (κ3) is 4.82. The van der Waals surface area contributed by atoms with Crippen molar-refractivity contribution in [3.8, 4) is 0 Å². The van der Waals surface area contributed by atoms with E-state index in [1.165, 1.54) is 11.8 Å². The van der Waals surface area contributed by atoms with Crippen molar-refractivity contribution in [1.29, 1.82) is 0 Å². The maximum Gasteiger partial charge on any atom is 0.316 e. The summed E-state index contributed by atoms with van der Waals surface area (Å²) < 4.78 is 4.85. The number of carbonyl (C=O) groups excluding carboxylic acids is 2. The van der Waals surface area contributed by atoms with E-state index in [2.05, 4.69) is 5.32 Å². The number of nitrogens with one attached hydrogen (secondary N) is 1. The summed E-state index contributed by atoms with van der Waals surface area (Å²) in [6.45, 7) is 4.49. The number of esters is 1. The average molecular weight is 282 g/mol. The van der Waals surface area contributed by atoms with Gasteiger partial charge in [0.25, 0.3) is 5.91 Å². The molecule has 1 rings (SSSR count). The van der Waals surface area contributed by atoms with Gasteiger partial charge in [0.05, 0.1) is 17.9 Å². The molecule has 1 aromatic rings. The highest BCUT2D eigenvalue weighted by Crippen LogP contribution is 2.25. The first kappa shape index (κ1) is 15.4. The summed E-state index contributed by atoms with van der Waals surface area (Å²) in [7, 11) is 0. The minimum Gasteiger partial charge on any atom is -0.465 e. The van der Waals surface area contributed by atoms with Gasteiger partial charge in [-0.1, -0.05) is 0 Å². The van der Waals surface area contributed by atoms with Gasteiger partial charge >= 0.3 is 5.97 Å². The van der Waals surface area contributed by atoms with Gasteiger partial charge in [-0.05, 0) is 32.0 Å². The molecule has 0 spiro atoms. The Morgan fingerprint density at radius 3 is 2.74 bits per heavy atom. The van der Waals surface area contributed by atoms with Crippen molar-refractivity contribution in [1.82, 2.24) is 5.32 Å². The molecule has 0 fully saturated rings. The van der Waals surface area contributed by atoms with Gasteiger partial charge in [-0.2, -0.15) is 0 Å². The van der Waals surface area contributed by atoms with Crippen LogP contribution >= 0.6 is 11.8 Å². The molecule has 1 aromatic carbocycles. The van der Waals surface area contributed by atoms with E-state index in [0.717, 1.165) is 0 Å². The zero-order chi connectivity index (χ0) is 14.3. The van der Waals surface area contributed by atoms with Crippen molar-refractivity contribution < 1.29 is 14.3 Å². The van der Waals surface area contributed by atoms with Crippen LogP contribution in [0.2, 0.25) is 0 Å². The molecule has 0 saturated carbocycles. The fourth-order valence-corrected chi connectivity index (χ4v) is 2.33. The minimum absolute atomic E-state index is 0.156. The fraction of sp³-hybridized carbons (Fsp3) is 0.385. The molecule has 0 aliphatic rings. The number of nitrogens with two attached hydrogens (primary N) is 1. The number of ether oxygens (including phenoxy) is 1. The van der Waals surface area contributed by atoms with Crippen molar-refractivity contribution >= 4 is 29.3 Å². The van der Waals surface area contributed by atoms with E-state index in [-0.39, 0.29) is 17.6 Å². The lowest BCUT2D eigenvalue weighted by Gasteiger charge is -2.09. The Hall–Kier alpha value is -1.69. The molecular weight excluding hydrogens is 264 g/mol. The lowest BCUT2D eigenvalue weighted by Crippen LogP contribution is -2.23. The Morgan fingerprint density at radius 2 is 2.11 bits per heavy atom. The first-order chi connectivity index (χ1) is 9.08. The predicted octanol–water partition coefficient (Wildman–Crippen LogP) is 1.67. The number of carbonyl (C=O) groups is 2. The van der Waals surface area contributed by atoms with Crippen molar-refractivity contribution in [3.63, 3.8) is 0 Å². The average Bonchev–Trinajstić information content (AvgIpc) is 2.37. The summed E-state index contributed by atoms with van der Waals surface area (Å²) in [6.07, 6.45) is 0. The van der Waals surface area contributed by atoms with Gasteiger partial charge in [0.15, 0.2) is 0 Å². The third-order valence-corrected chi connectivity index (χ3v) is 3.27. The summed E-state index contributed by atoms with van der Waals surface area (Å²) in [5.41, 5.74) is 6.78. The molecule has 0 saturated heterocycles. The Bertz CT molecular complexity index is 463. The molecule has 19 heavy (non-hydrogen) atoms. The number of thioether (sulfide) groups is 1. The van der Waals surface area contributed by atoms with Gasteiger partial charge in [-0.15, -0.1) is 11.8 Å². The van der Waals surface area contributed by atoms with Crippen LogP contribution in [0.4, 0.5) is 5.69 Å². The summed E-state index contributed by atoms with van der Waals surface area (Å²) in [4.78, 5) is 23.9. The lowest BCUT2D eigenvalue weighted by atomic mass is 10.2. The van der Waals surface area contributed by atoms with Crippen molar-refractivity contribution in [2.24, 2.45) is 0 Å². The van der Waals surface area contributed by atoms with Gasteiger partial charge in [0.2, 0.25) is 0 Å². The van der Waals surface area contributed by atoms with Gasteiger partial charge in [0.1, 0.15) is 0 Å². The standard InChI is InChI=1S/C13H18N2O3S/c1-3-15-13(17)10-6-5-9(14)7-11(10)19-8-12(16)18-4-2/h5-7H,3-4,8,14H2,1-2H3,(H,15,17). The summed E-state index contributed by atoms with van der Waals surface area (Å²) >= 11 is 1.25. The van der Waals surface area contributed by atoms with Crippen LogP contribution in [0.15, 0.2) is 23.1 Å². The molecule has 0 heterocycles. The summed E-state index contributed by atoms with van der Waals surface area (Å²) in [5, 5.41) is 2.73. The van der Waals surface area contributed by atoms with Crippen molar-refractivity contribution in [2.45, 2.75) is 18.7 Å². The van der Waals surface area contributed by atoms with Crippen LogP contribution < -0.4 is 11.1 Å². The van der Waals surface area contributed by atoms with Gasteiger partial charge < -0.3 is 15.8 Å². The number of rotatable bonds is 6. The Balaban J connectivity index is 2.82. The Kier molecular flexibility index (Phi) is 6.21. The van der Waals surface area contributed by atoms with Crippen LogP contribution in [-0.2, 0) is 9.53 Å². The molecule has 1 amide bonds. The molecular formula is C13H18N2O3S. The molecule has 0 radical (unpaired) electrons. The molecule has 104 valence electrons. The SMILES string of the molecule is CCNC(=O)c1ccc(N)cc1SCC(=O)OCC. The van der Waals surface area contributed by atoms with Crippen LogP contribution in [0.3, 0.4) is 0 Å². The zero-order valence-electron chi connectivity index (χ0n) is 11.1. The van der Waals surface area contributed by atoms with E-state index >= 15 is 0 Å². The van der Waals surface area contributed by atoms with Gasteiger partial charge in [-0.3, -0.25) is 9.59 Å². The second-order valence-corrected chi connectivity index (χ2v) is 4.73. The predicted molar refractivity (Wildman–Crippen MR) is 76.2 cm³/mol. The highest BCUT2D eigenvalue weighted by Gasteiger charge is 2.13. The number of hydrogen-bond donors (Lipinski definition) is 2. The normalized spacial score (nSPS) is 10.0. The minimum atomic E-state index is -0.309. The van der Waals surface area contributed by atoms with Crippen LogP contribution in [0.5, 0.6) is 0 Å². The first-order valence-corrected chi connectivity index (χ1v) is 7.03. The molecule has 6 heteroatoms. The number of amides is 1. The lowest BCUT2D eigenvalue weighted by molar-refractivity contribution is -0.139. The highest BCUT2D eigenvalue weighted by molar-refractivity contribution is 8.00. The van der Waals surface area contributed by atoms with Crippen LogP contribution in [0.1, 0.15) is 24.2 Å². The first-order valence-electron chi connectivity index (χ1n) is 6.04. The number of hydrogen-bond acceptors (Lipinski definition) is 5. The number of anilines is 1. The van der Waals surface area contributed by atoms with E-state index < -0.39 is 0 Å². The molecule has 0 atom stereocenters. The number of benzene rings is 1. The molecule has 0 bridgehead atoms. The van der Waals surface area contributed by atoms with Gasteiger partial charge in [-0.25, -0.2) is 0 Å². The van der Waals surface area contributed by atoms with E-state index in [1.54, 1.807) is 25.1 Å². The second kappa shape index (κ2) is 7.68. The number of nitrogen functional groups attached to an aromatic ring is 1. The molecule has 3 N–H and O–H groups in total. The second-order valence-electron chi connectivity index (χ2n) is 3.71. The molecule has 0 aliphatic carbocycles. The largest absolute Gasteiger partial charge is 0.465 e. The van der Waals surface area contributed by atoms with Crippen molar-refractivity contribution in [2.75, 3.05) is 24.6 Å². The highest BCUT2D eigenvalue weighted by atomic mass is 32.2. The topological polar surface area (TPSA) is 81.4 Å². The quantitative estimate of drug-likeness (QED) is 0.471. The molecule has 0 aliphatic heterocycles. The maximum atomic E-state index is 11.9. The zero-order valence-corrected chi connectivity index (χ0v) is 11.9. The molecule has 0 unspecified atom stereocenters. The van der Waals surface area contributed by atoms with E-state index in [9.17, 15) is 9.59 Å². The smallest absolute Gasteiger partial charge is 0.316 e. The fourth-order valence-electron chi connectivity index (χ4n) is 1.44. The van der Waals surface area contributed by atoms with E-state index in [1.807, 2.05) is 6.92 Å². The van der Waals surface area contributed by atoms with E-state index in [0.29, 0.717) is 29.3 Å². The van der Waals surface area contributed by atoms with E-state index in [4.69, 9.17) is 10.5 Å². The third-order valence-electron chi connectivity index (χ3n) is 2.24. The van der Waals surface area contributed by atoms with Gasteiger partial charge in [0, 0.05) is 17.1 Å². The van der Waals surface area contributed by atoms with Crippen LogP contribution in [-0.4, -0.2) is 30.8 Å². The monoisotopic (exact) mass is 282 g/mol.